The van der Waals surface area contributed by atoms with Crippen LogP contribution in [0, 0.1) is 0 Å². The maximum Gasteiger partial charge on any atom is 0.407 e. The van der Waals surface area contributed by atoms with E-state index in [1.165, 1.54) is 4.90 Å². The van der Waals surface area contributed by atoms with Crippen molar-refractivity contribution < 1.29 is 14.7 Å². The molecule has 0 aliphatic carbocycles. The molecule has 0 aromatic carbocycles. The molecule has 2 aromatic rings. The number of aromatic nitrogens is 2. The van der Waals surface area contributed by atoms with Crippen molar-refractivity contribution in [2.24, 2.45) is 0 Å². The molecular formula is C18H20ClN5O3. The summed E-state index contributed by atoms with van der Waals surface area (Å²) in [6.07, 6.45) is 0.662. The summed E-state index contributed by atoms with van der Waals surface area (Å²) >= 11 is 5.99. The summed E-state index contributed by atoms with van der Waals surface area (Å²) in [6.45, 7) is 4.17. The second kappa shape index (κ2) is 8.22. The number of nitrogens with zero attached hydrogens (tertiary/aromatic N) is 4. The number of piperazine rings is 1. The van der Waals surface area contributed by atoms with Crippen molar-refractivity contribution in [3.63, 3.8) is 0 Å². The van der Waals surface area contributed by atoms with E-state index in [9.17, 15) is 9.59 Å². The first-order chi connectivity index (χ1) is 13.0. The van der Waals surface area contributed by atoms with Crippen LogP contribution in [-0.4, -0.2) is 64.7 Å². The molecule has 2 amide bonds. The Kier molecular flexibility index (Phi) is 5.75. The standard InChI is InChI=1S/C18H20ClN5O3/c1-2-20-17(25)13-9-14(12-3-4-21-15(19)10-12)22-16(11-13)23-5-7-24(8-6-23)18(26)27/h3-4,9-11H,2,5-8H2,1H3,(H,20,25)(H,26,27). The van der Waals surface area contributed by atoms with Gasteiger partial charge in [-0.25, -0.2) is 14.8 Å². The van der Waals surface area contributed by atoms with E-state index in [2.05, 4.69) is 15.3 Å². The van der Waals surface area contributed by atoms with Gasteiger partial charge in [0, 0.05) is 50.0 Å². The maximum absolute atomic E-state index is 12.4. The summed E-state index contributed by atoms with van der Waals surface area (Å²) in [5.41, 5.74) is 1.86. The third-order valence-corrected chi connectivity index (χ3v) is 4.51. The van der Waals surface area contributed by atoms with E-state index in [0.717, 1.165) is 5.56 Å². The summed E-state index contributed by atoms with van der Waals surface area (Å²) in [7, 11) is 0. The zero-order valence-corrected chi connectivity index (χ0v) is 15.6. The van der Waals surface area contributed by atoms with E-state index < -0.39 is 6.09 Å². The number of pyridine rings is 2. The zero-order chi connectivity index (χ0) is 19.4. The van der Waals surface area contributed by atoms with Gasteiger partial charge < -0.3 is 20.2 Å². The SMILES string of the molecule is CCNC(=O)c1cc(-c2ccnc(Cl)c2)nc(N2CCN(C(=O)O)CC2)c1. The molecule has 1 saturated heterocycles. The lowest BCUT2D eigenvalue weighted by Gasteiger charge is -2.34. The molecule has 1 aliphatic rings. The lowest BCUT2D eigenvalue weighted by Crippen LogP contribution is -2.48. The summed E-state index contributed by atoms with van der Waals surface area (Å²) in [5, 5.41) is 12.2. The van der Waals surface area contributed by atoms with Gasteiger partial charge in [-0.2, -0.15) is 0 Å². The van der Waals surface area contributed by atoms with Gasteiger partial charge in [-0.3, -0.25) is 4.79 Å². The van der Waals surface area contributed by atoms with Gasteiger partial charge in [0.15, 0.2) is 0 Å². The van der Waals surface area contributed by atoms with E-state index in [-0.39, 0.29) is 5.91 Å². The fourth-order valence-corrected chi connectivity index (χ4v) is 3.08. The number of rotatable bonds is 4. The maximum atomic E-state index is 12.4. The largest absolute Gasteiger partial charge is 0.465 e. The highest BCUT2D eigenvalue weighted by Gasteiger charge is 2.22. The average molecular weight is 390 g/mol. The molecule has 2 aromatic heterocycles. The lowest BCUT2D eigenvalue weighted by atomic mass is 10.1. The van der Waals surface area contributed by atoms with Gasteiger partial charge in [0.2, 0.25) is 0 Å². The Balaban J connectivity index is 1.95. The Morgan fingerprint density at radius 1 is 1.22 bits per heavy atom. The van der Waals surface area contributed by atoms with Crippen LogP contribution in [0.25, 0.3) is 11.3 Å². The van der Waals surface area contributed by atoms with E-state index in [4.69, 9.17) is 16.7 Å². The molecule has 0 bridgehead atoms. The zero-order valence-electron chi connectivity index (χ0n) is 14.9. The minimum Gasteiger partial charge on any atom is -0.465 e. The number of carboxylic acid groups (broad SMARTS) is 1. The van der Waals surface area contributed by atoms with Crippen molar-refractivity contribution >= 4 is 29.4 Å². The number of hydrogen-bond acceptors (Lipinski definition) is 5. The van der Waals surface area contributed by atoms with Gasteiger partial charge in [-0.15, -0.1) is 0 Å². The second-order valence-electron chi connectivity index (χ2n) is 6.08. The number of carbonyl (C=O) groups is 2. The van der Waals surface area contributed by atoms with Crippen LogP contribution in [0.4, 0.5) is 10.6 Å². The van der Waals surface area contributed by atoms with Crippen LogP contribution in [0.1, 0.15) is 17.3 Å². The number of amides is 2. The summed E-state index contributed by atoms with van der Waals surface area (Å²) in [6, 6.07) is 6.92. The van der Waals surface area contributed by atoms with Gasteiger partial charge >= 0.3 is 6.09 Å². The highest BCUT2D eigenvalue weighted by Crippen LogP contribution is 2.25. The lowest BCUT2D eigenvalue weighted by molar-refractivity contribution is 0.0955. The number of anilines is 1. The Morgan fingerprint density at radius 2 is 1.96 bits per heavy atom. The van der Waals surface area contributed by atoms with Crippen LogP contribution in [0.3, 0.4) is 0 Å². The first kappa shape index (κ1) is 18.9. The Morgan fingerprint density at radius 3 is 2.59 bits per heavy atom. The summed E-state index contributed by atoms with van der Waals surface area (Å²) < 4.78 is 0. The molecule has 0 atom stereocenters. The minimum absolute atomic E-state index is 0.188. The van der Waals surface area contributed by atoms with Crippen LogP contribution in [-0.2, 0) is 0 Å². The monoisotopic (exact) mass is 389 g/mol. The molecule has 8 nitrogen and oxygen atoms in total. The Bertz CT molecular complexity index is 853. The van der Waals surface area contributed by atoms with Crippen LogP contribution >= 0.6 is 11.6 Å². The van der Waals surface area contributed by atoms with Crippen molar-refractivity contribution in [1.29, 1.82) is 0 Å². The van der Waals surface area contributed by atoms with Gasteiger partial charge in [0.05, 0.1) is 5.69 Å². The predicted molar refractivity (Wildman–Crippen MR) is 102 cm³/mol. The molecule has 0 saturated carbocycles. The topological polar surface area (TPSA) is 98.7 Å². The first-order valence-corrected chi connectivity index (χ1v) is 9.00. The molecule has 1 aliphatic heterocycles. The molecule has 3 rings (SSSR count). The molecule has 0 spiro atoms. The van der Waals surface area contributed by atoms with Crippen LogP contribution in [0.2, 0.25) is 5.15 Å². The summed E-state index contributed by atoms with van der Waals surface area (Å²) in [4.78, 5) is 35.5. The molecule has 2 N–H and O–H groups in total. The molecule has 3 heterocycles. The van der Waals surface area contributed by atoms with E-state index in [1.54, 1.807) is 30.5 Å². The highest BCUT2D eigenvalue weighted by atomic mass is 35.5. The molecule has 1 fully saturated rings. The fourth-order valence-electron chi connectivity index (χ4n) is 2.91. The molecule has 142 valence electrons. The highest BCUT2D eigenvalue weighted by molar-refractivity contribution is 6.29. The molecular weight excluding hydrogens is 370 g/mol. The molecule has 0 unspecified atom stereocenters. The first-order valence-electron chi connectivity index (χ1n) is 8.63. The average Bonchev–Trinajstić information content (AvgIpc) is 2.68. The van der Waals surface area contributed by atoms with Crippen molar-refractivity contribution in [1.82, 2.24) is 20.2 Å². The normalized spacial score (nSPS) is 14.1. The van der Waals surface area contributed by atoms with Gasteiger partial charge in [0.1, 0.15) is 11.0 Å². The van der Waals surface area contributed by atoms with Crippen LogP contribution in [0.15, 0.2) is 30.5 Å². The van der Waals surface area contributed by atoms with E-state index >= 15 is 0 Å². The van der Waals surface area contributed by atoms with Crippen molar-refractivity contribution in [3.8, 4) is 11.3 Å². The molecule has 9 heteroatoms. The van der Waals surface area contributed by atoms with E-state index in [0.29, 0.717) is 55.0 Å². The van der Waals surface area contributed by atoms with Crippen LogP contribution in [0.5, 0.6) is 0 Å². The summed E-state index contributed by atoms with van der Waals surface area (Å²) in [5.74, 6) is 0.443. The fraction of sp³-hybridized carbons (Fsp3) is 0.333. The smallest absolute Gasteiger partial charge is 0.407 e. The number of halogens is 1. The molecule has 27 heavy (non-hydrogen) atoms. The second-order valence-corrected chi connectivity index (χ2v) is 6.47. The Labute approximate surface area is 161 Å². The van der Waals surface area contributed by atoms with Gasteiger partial charge in [-0.1, -0.05) is 11.6 Å². The van der Waals surface area contributed by atoms with Gasteiger partial charge in [0.25, 0.3) is 5.91 Å². The van der Waals surface area contributed by atoms with Crippen molar-refractivity contribution in [2.75, 3.05) is 37.6 Å². The van der Waals surface area contributed by atoms with Crippen molar-refractivity contribution in [2.45, 2.75) is 6.92 Å². The number of hydrogen-bond donors (Lipinski definition) is 2. The van der Waals surface area contributed by atoms with Crippen LogP contribution < -0.4 is 10.2 Å². The number of carbonyl (C=O) groups excluding carboxylic acids is 1. The number of nitrogens with one attached hydrogen (secondary N) is 1. The third-order valence-electron chi connectivity index (χ3n) is 4.31. The predicted octanol–water partition coefficient (Wildman–Crippen LogP) is 2.35. The Hall–Kier alpha value is -2.87. The molecule has 0 radical (unpaired) electrons. The third kappa shape index (κ3) is 4.46. The minimum atomic E-state index is -0.925. The quantitative estimate of drug-likeness (QED) is 0.779. The van der Waals surface area contributed by atoms with Gasteiger partial charge in [-0.05, 0) is 31.2 Å². The van der Waals surface area contributed by atoms with E-state index in [1.807, 2.05) is 11.8 Å². The van der Waals surface area contributed by atoms with Crippen molar-refractivity contribution in [3.05, 3.63) is 41.2 Å².